The number of halogens is 1. The van der Waals surface area contributed by atoms with Crippen molar-refractivity contribution in [3.63, 3.8) is 0 Å². The number of fused-ring (bicyclic) bond motifs is 1. The van der Waals surface area contributed by atoms with Crippen molar-refractivity contribution in [1.82, 2.24) is 9.88 Å². The van der Waals surface area contributed by atoms with Crippen molar-refractivity contribution in [1.29, 1.82) is 5.26 Å². The van der Waals surface area contributed by atoms with Gasteiger partial charge in [-0.2, -0.15) is 5.26 Å². The molecule has 102 valence electrons. The molecule has 0 fully saturated rings. The van der Waals surface area contributed by atoms with Gasteiger partial charge in [0.2, 0.25) is 0 Å². The van der Waals surface area contributed by atoms with E-state index in [0.29, 0.717) is 17.1 Å². The van der Waals surface area contributed by atoms with Gasteiger partial charge in [0.05, 0.1) is 18.1 Å². The summed E-state index contributed by atoms with van der Waals surface area (Å²) < 4.78 is 0. The number of aromatic nitrogens is 1. The summed E-state index contributed by atoms with van der Waals surface area (Å²) in [5.41, 5.74) is 0.497. The predicted molar refractivity (Wildman–Crippen MR) is 78.5 cm³/mol. The Kier molecular flexibility index (Phi) is 4.21. The molecule has 5 heteroatoms. The smallest absolute Gasteiger partial charge is 0.256 e. The number of nitriles is 1. The van der Waals surface area contributed by atoms with Crippen molar-refractivity contribution in [2.75, 3.05) is 7.05 Å². The molecular formula is C15H14ClN3O. The quantitative estimate of drug-likeness (QED) is 0.814. The van der Waals surface area contributed by atoms with E-state index in [0.717, 1.165) is 10.8 Å². The van der Waals surface area contributed by atoms with Crippen LogP contribution in [0.25, 0.3) is 10.8 Å². The third-order valence-electron chi connectivity index (χ3n) is 3.35. The van der Waals surface area contributed by atoms with Crippen LogP contribution in [0.1, 0.15) is 23.7 Å². The molecule has 0 aliphatic rings. The summed E-state index contributed by atoms with van der Waals surface area (Å²) in [6.45, 7) is 1.84. The average Bonchev–Trinajstić information content (AvgIpc) is 2.47. The topological polar surface area (TPSA) is 57.0 Å². The SMILES string of the molecule is CC(CC#N)N(C)C(=O)c1cnc(Cl)c2ccccc12. The first kappa shape index (κ1) is 14.3. The first-order valence-corrected chi connectivity index (χ1v) is 6.61. The Morgan fingerprint density at radius 3 is 2.75 bits per heavy atom. The van der Waals surface area contributed by atoms with E-state index < -0.39 is 0 Å². The second-order valence-corrected chi connectivity index (χ2v) is 4.99. The Hall–Kier alpha value is -2.12. The number of carbonyl (C=O) groups excluding carboxylic acids is 1. The zero-order chi connectivity index (χ0) is 14.7. The van der Waals surface area contributed by atoms with Crippen LogP contribution in [0.4, 0.5) is 0 Å². The summed E-state index contributed by atoms with van der Waals surface area (Å²) in [5, 5.41) is 10.6. The number of rotatable bonds is 3. The van der Waals surface area contributed by atoms with Gasteiger partial charge < -0.3 is 4.90 Å². The summed E-state index contributed by atoms with van der Waals surface area (Å²) in [4.78, 5) is 18.1. The van der Waals surface area contributed by atoms with Crippen LogP contribution in [0.15, 0.2) is 30.5 Å². The minimum absolute atomic E-state index is 0.151. The lowest BCUT2D eigenvalue weighted by Crippen LogP contribution is -2.35. The monoisotopic (exact) mass is 287 g/mol. The zero-order valence-corrected chi connectivity index (χ0v) is 12.1. The van der Waals surface area contributed by atoms with Gasteiger partial charge in [0, 0.05) is 24.7 Å². The fourth-order valence-corrected chi connectivity index (χ4v) is 2.20. The molecule has 0 bridgehead atoms. The van der Waals surface area contributed by atoms with Crippen LogP contribution in [-0.2, 0) is 0 Å². The van der Waals surface area contributed by atoms with E-state index in [4.69, 9.17) is 16.9 Å². The lowest BCUT2D eigenvalue weighted by atomic mass is 10.1. The Morgan fingerprint density at radius 2 is 2.10 bits per heavy atom. The largest absolute Gasteiger partial charge is 0.338 e. The second-order valence-electron chi connectivity index (χ2n) is 4.64. The Bertz CT molecular complexity index is 693. The summed E-state index contributed by atoms with van der Waals surface area (Å²) in [5.74, 6) is -0.159. The number of carbonyl (C=O) groups is 1. The molecule has 2 rings (SSSR count). The van der Waals surface area contributed by atoms with Crippen molar-refractivity contribution in [3.05, 3.63) is 41.2 Å². The van der Waals surface area contributed by atoms with Gasteiger partial charge >= 0.3 is 0 Å². The molecule has 1 heterocycles. The molecule has 4 nitrogen and oxygen atoms in total. The lowest BCUT2D eigenvalue weighted by Gasteiger charge is -2.23. The van der Waals surface area contributed by atoms with Gasteiger partial charge in [-0.1, -0.05) is 35.9 Å². The maximum Gasteiger partial charge on any atom is 0.256 e. The molecule has 0 spiro atoms. The Morgan fingerprint density at radius 1 is 1.45 bits per heavy atom. The molecule has 0 N–H and O–H groups in total. The molecule has 0 saturated carbocycles. The highest BCUT2D eigenvalue weighted by Crippen LogP contribution is 2.25. The van der Waals surface area contributed by atoms with Crippen LogP contribution in [0.5, 0.6) is 0 Å². The highest BCUT2D eigenvalue weighted by molar-refractivity contribution is 6.34. The van der Waals surface area contributed by atoms with E-state index >= 15 is 0 Å². The zero-order valence-electron chi connectivity index (χ0n) is 11.3. The molecule has 20 heavy (non-hydrogen) atoms. The van der Waals surface area contributed by atoms with Crippen molar-refractivity contribution in [2.45, 2.75) is 19.4 Å². The molecule has 1 aromatic heterocycles. The third kappa shape index (κ3) is 2.59. The van der Waals surface area contributed by atoms with Crippen LogP contribution in [0, 0.1) is 11.3 Å². The molecule has 0 aliphatic carbocycles. The molecule has 1 unspecified atom stereocenters. The van der Waals surface area contributed by atoms with Crippen LogP contribution in [0.3, 0.4) is 0 Å². The maximum atomic E-state index is 12.5. The number of nitrogens with zero attached hydrogens (tertiary/aromatic N) is 3. The molecule has 0 radical (unpaired) electrons. The van der Waals surface area contributed by atoms with Gasteiger partial charge in [0.1, 0.15) is 5.15 Å². The summed E-state index contributed by atoms with van der Waals surface area (Å²) in [6.07, 6.45) is 1.78. The fourth-order valence-electron chi connectivity index (χ4n) is 1.99. The van der Waals surface area contributed by atoms with Crippen LogP contribution < -0.4 is 0 Å². The second kappa shape index (κ2) is 5.89. The van der Waals surface area contributed by atoms with Crippen molar-refractivity contribution in [2.24, 2.45) is 0 Å². The van der Waals surface area contributed by atoms with Crippen LogP contribution in [0.2, 0.25) is 5.15 Å². The van der Waals surface area contributed by atoms with E-state index in [1.165, 1.54) is 6.20 Å². The number of pyridine rings is 1. The molecule has 0 saturated heterocycles. The van der Waals surface area contributed by atoms with Gasteiger partial charge in [0.15, 0.2) is 0 Å². The van der Waals surface area contributed by atoms with E-state index in [1.54, 1.807) is 11.9 Å². The Labute approximate surface area is 122 Å². The number of hydrogen-bond donors (Lipinski definition) is 0. The minimum Gasteiger partial charge on any atom is -0.338 e. The first-order valence-electron chi connectivity index (χ1n) is 6.23. The number of benzene rings is 1. The average molecular weight is 288 g/mol. The highest BCUT2D eigenvalue weighted by Gasteiger charge is 2.20. The normalized spacial score (nSPS) is 11.9. The van der Waals surface area contributed by atoms with Crippen molar-refractivity contribution < 1.29 is 4.79 Å². The minimum atomic E-state index is -0.159. The maximum absolute atomic E-state index is 12.5. The van der Waals surface area contributed by atoms with Gasteiger partial charge in [-0.25, -0.2) is 4.98 Å². The van der Waals surface area contributed by atoms with E-state index in [1.807, 2.05) is 31.2 Å². The van der Waals surface area contributed by atoms with Gasteiger partial charge in [-0.3, -0.25) is 4.79 Å². The van der Waals surface area contributed by atoms with Crippen LogP contribution >= 0.6 is 11.6 Å². The number of amides is 1. The summed E-state index contributed by atoms with van der Waals surface area (Å²) >= 11 is 6.05. The van der Waals surface area contributed by atoms with E-state index in [9.17, 15) is 4.79 Å². The molecule has 2 aromatic rings. The number of hydrogen-bond acceptors (Lipinski definition) is 3. The standard InChI is InChI=1S/C15H14ClN3O/c1-10(7-8-17)19(2)15(20)13-9-18-14(16)12-6-4-3-5-11(12)13/h3-6,9-10H,7H2,1-2H3. The molecule has 1 aromatic carbocycles. The highest BCUT2D eigenvalue weighted by atomic mass is 35.5. The summed E-state index contributed by atoms with van der Waals surface area (Å²) in [7, 11) is 1.69. The fraction of sp³-hybridized carbons (Fsp3) is 0.267. The van der Waals surface area contributed by atoms with Crippen molar-refractivity contribution in [3.8, 4) is 6.07 Å². The van der Waals surface area contributed by atoms with Crippen molar-refractivity contribution >= 4 is 28.3 Å². The molecule has 1 amide bonds. The molecule has 1 atom stereocenters. The third-order valence-corrected chi connectivity index (χ3v) is 3.65. The van der Waals surface area contributed by atoms with Gasteiger partial charge in [-0.15, -0.1) is 0 Å². The summed E-state index contributed by atoms with van der Waals surface area (Å²) in [6, 6.07) is 9.31. The van der Waals surface area contributed by atoms with E-state index in [-0.39, 0.29) is 11.9 Å². The van der Waals surface area contributed by atoms with E-state index in [2.05, 4.69) is 11.1 Å². The first-order chi connectivity index (χ1) is 9.56. The molecule has 0 aliphatic heterocycles. The molecular weight excluding hydrogens is 274 g/mol. The van der Waals surface area contributed by atoms with Crippen LogP contribution in [-0.4, -0.2) is 28.9 Å². The Balaban J connectivity index is 2.46. The lowest BCUT2D eigenvalue weighted by molar-refractivity contribution is 0.0748. The predicted octanol–water partition coefficient (Wildman–Crippen LogP) is 3.26. The van der Waals surface area contributed by atoms with Gasteiger partial charge in [-0.05, 0) is 12.3 Å². The van der Waals surface area contributed by atoms with Gasteiger partial charge in [0.25, 0.3) is 5.91 Å².